The molecule has 0 aliphatic carbocycles. The molecule has 0 amide bonds. The lowest BCUT2D eigenvalue weighted by Gasteiger charge is -1.88. The number of nitriles is 1. The van der Waals surface area contributed by atoms with E-state index in [-0.39, 0.29) is 0 Å². The van der Waals surface area contributed by atoms with Crippen molar-refractivity contribution in [3.05, 3.63) is 121 Å². The smallest absolute Gasteiger partial charge is 0.0944 e. The third-order valence-electron chi connectivity index (χ3n) is 2.81. The molecule has 0 atom stereocenters. The lowest BCUT2D eigenvalue weighted by molar-refractivity contribution is 1.44. The molecule has 0 bridgehead atoms. The van der Waals surface area contributed by atoms with Crippen LogP contribution < -0.4 is 0 Å². The molecule has 0 saturated heterocycles. The van der Waals surface area contributed by atoms with Gasteiger partial charge in [0.2, 0.25) is 0 Å². The molecular weight excluding hydrogens is 302 g/mol. The minimum atomic E-state index is 0.715. The second-order valence-corrected chi connectivity index (χ2v) is 4.82. The first-order valence-electron chi connectivity index (χ1n) is 7.89. The number of hydrogen-bond acceptors (Lipinski definition) is 1. The van der Waals surface area contributed by atoms with Crippen LogP contribution in [-0.4, -0.2) is 0 Å². The molecule has 2 aromatic rings. The molecule has 0 radical (unpaired) electrons. The van der Waals surface area contributed by atoms with Crippen LogP contribution >= 0.6 is 0 Å². The van der Waals surface area contributed by atoms with Crippen LogP contribution in [-0.2, 0) is 0 Å². The summed E-state index contributed by atoms with van der Waals surface area (Å²) >= 11 is 0. The molecule has 0 fully saturated rings. The van der Waals surface area contributed by atoms with E-state index in [1.165, 1.54) is 5.56 Å². The molecule has 0 saturated carbocycles. The fraction of sp³-hybridized carbons (Fsp3) is 0.0417. The molecule has 0 N–H and O–H groups in total. The first-order valence-corrected chi connectivity index (χ1v) is 7.89. The molecule has 0 aliphatic heterocycles. The van der Waals surface area contributed by atoms with Gasteiger partial charge in [0, 0.05) is 5.57 Å². The van der Waals surface area contributed by atoms with Gasteiger partial charge in [0.15, 0.2) is 0 Å². The maximum absolute atomic E-state index is 8.48. The third kappa shape index (κ3) is 12.8. The fourth-order valence-corrected chi connectivity index (χ4v) is 1.49. The zero-order valence-corrected chi connectivity index (χ0v) is 14.8. The average Bonchev–Trinajstić information content (AvgIpc) is 2.70. The van der Waals surface area contributed by atoms with E-state index in [0.29, 0.717) is 5.57 Å². The van der Waals surface area contributed by atoms with E-state index >= 15 is 0 Å². The summed E-state index contributed by atoms with van der Waals surface area (Å²) < 4.78 is 0. The summed E-state index contributed by atoms with van der Waals surface area (Å²) in [6, 6.07) is 22.1. The molecule has 25 heavy (non-hydrogen) atoms. The molecule has 0 spiro atoms. The predicted octanol–water partition coefficient (Wildman–Crippen LogP) is 6.86. The highest BCUT2D eigenvalue weighted by Gasteiger charge is 1.81. The topological polar surface area (TPSA) is 23.8 Å². The maximum Gasteiger partial charge on any atom is 0.0944 e. The predicted molar refractivity (Wildman–Crippen MR) is 112 cm³/mol. The lowest BCUT2D eigenvalue weighted by Crippen LogP contribution is -1.68. The van der Waals surface area contributed by atoms with Crippen molar-refractivity contribution in [3.8, 4) is 6.07 Å². The van der Waals surface area contributed by atoms with Crippen LogP contribution in [0.2, 0.25) is 0 Å². The van der Waals surface area contributed by atoms with Gasteiger partial charge in [-0.15, -0.1) is 0 Å². The van der Waals surface area contributed by atoms with Crippen molar-refractivity contribution >= 4 is 12.2 Å². The number of benzene rings is 2. The Morgan fingerprint density at radius 3 is 1.68 bits per heavy atom. The quantitative estimate of drug-likeness (QED) is 0.444. The number of rotatable bonds is 4. The van der Waals surface area contributed by atoms with Crippen molar-refractivity contribution in [2.24, 2.45) is 0 Å². The van der Waals surface area contributed by atoms with Crippen molar-refractivity contribution in [1.29, 1.82) is 5.26 Å². The highest BCUT2D eigenvalue weighted by Crippen LogP contribution is 2.01. The summed E-state index contributed by atoms with van der Waals surface area (Å²) in [6.45, 7) is 12.1. The zero-order chi connectivity index (χ0) is 18.8. The van der Waals surface area contributed by atoms with E-state index < -0.39 is 0 Å². The molecule has 0 aliphatic rings. The van der Waals surface area contributed by atoms with Gasteiger partial charge >= 0.3 is 0 Å². The van der Waals surface area contributed by atoms with Crippen LogP contribution in [0.5, 0.6) is 0 Å². The molecule has 126 valence electrons. The van der Waals surface area contributed by atoms with Gasteiger partial charge in [-0.05, 0) is 24.1 Å². The van der Waals surface area contributed by atoms with E-state index in [9.17, 15) is 0 Å². The van der Waals surface area contributed by atoms with Gasteiger partial charge < -0.3 is 0 Å². The molecule has 0 heterocycles. The SMILES string of the molecule is C=CC=C.C=Cc1ccccc1.CC(C#N)=CC=Cc1ccccc1. The lowest BCUT2D eigenvalue weighted by atomic mass is 10.2. The highest BCUT2D eigenvalue weighted by molar-refractivity contribution is 5.51. The zero-order valence-electron chi connectivity index (χ0n) is 14.8. The molecule has 0 unspecified atom stereocenters. The number of nitrogens with zero attached hydrogens (tertiary/aromatic N) is 1. The van der Waals surface area contributed by atoms with Crippen molar-refractivity contribution in [2.45, 2.75) is 6.92 Å². The van der Waals surface area contributed by atoms with Crippen LogP contribution in [0, 0.1) is 11.3 Å². The minimum absolute atomic E-state index is 0.715. The highest BCUT2D eigenvalue weighted by atomic mass is 14.2. The second kappa shape index (κ2) is 15.5. The molecular formula is C24H25N. The summed E-state index contributed by atoms with van der Waals surface area (Å²) in [6.07, 6.45) is 10.8. The van der Waals surface area contributed by atoms with Crippen molar-refractivity contribution < 1.29 is 0 Å². The first kappa shape index (κ1) is 21.6. The van der Waals surface area contributed by atoms with E-state index in [1.54, 1.807) is 25.2 Å². The summed E-state index contributed by atoms with van der Waals surface area (Å²) in [5.74, 6) is 0. The minimum Gasteiger partial charge on any atom is -0.193 e. The summed E-state index contributed by atoms with van der Waals surface area (Å²) in [5.41, 5.74) is 3.03. The number of hydrogen-bond donors (Lipinski definition) is 0. The van der Waals surface area contributed by atoms with Crippen molar-refractivity contribution in [3.63, 3.8) is 0 Å². The van der Waals surface area contributed by atoms with Gasteiger partial charge in [-0.25, -0.2) is 0 Å². The van der Waals surface area contributed by atoms with E-state index in [4.69, 9.17) is 5.26 Å². The molecule has 2 aromatic carbocycles. The first-order chi connectivity index (χ1) is 12.2. The second-order valence-electron chi connectivity index (χ2n) is 4.82. The van der Waals surface area contributed by atoms with Gasteiger partial charge in [0.25, 0.3) is 0 Å². The Kier molecular flexibility index (Phi) is 13.4. The van der Waals surface area contributed by atoms with Crippen molar-refractivity contribution in [1.82, 2.24) is 0 Å². The monoisotopic (exact) mass is 327 g/mol. The molecule has 2 rings (SSSR count). The Balaban J connectivity index is 0.000000407. The number of allylic oxidation sites excluding steroid dienone is 5. The summed E-state index contributed by atoms with van der Waals surface area (Å²) in [5, 5.41) is 8.48. The van der Waals surface area contributed by atoms with Crippen LogP contribution in [0.4, 0.5) is 0 Å². The van der Waals surface area contributed by atoms with E-state index in [2.05, 4.69) is 25.8 Å². The van der Waals surface area contributed by atoms with Gasteiger partial charge in [-0.2, -0.15) is 5.26 Å². The molecule has 1 nitrogen and oxygen atoms in total. The van der Waals surface area contributed by atoms with Gasteiger partial charge in [0.1, 0.15) is 0 Å². The molecule has 1 heteroatoms. The van der Waals surface area contributed by atoms with Crippen molar-refractivity contribution in [2.75, 3.05) is 0 Å². The molecule has 0 aromatic heterocycles. The van der Waals surface area contributed by atoms with Crippen LogP contribution in [0.1, 0.15) is 18.1 Å². The summed E-state index contributed by atoms with van der Waals surface area (Å²) in [7, 11) is 0. The standard InChI is InChI=1S/C12H11N.C8H8.C4H6/c1-11(10-13)6-5-9-12-7-3-2-4-8-12;1-2-8-6-4-3-5-7-8;1-3-4-2/h2-9H,1H3;2-7H,1H2;3-4H,1-2H2. The van der Waals surface area contributed by atoms with Crippen LogP contribution in [0.15, 0.2) is 110 Å². The van der Waals surface area contributed by atoms with Gasteiger partial charge in [0.05, 0.1) is 6.07 Å². The van der Waals surface area contributed by atoms with Gasteiger partial charge in [-0.1, -0.05) is 111 Å². The van der Waals surface area contributed by atoms with E-state index in [1.807, 2.05) is 78.9 Å². The Labute approximate surface area is 152 Å². The summed E-state index contributed by atoms with van der Waals surface area (Å²) in [4.78, 5) is 0. The van der Waals surface area contributed by atoms with E-state index in [0.717, 1.165) is 5.56 Å². The Hall–Kier alpha value is -3.37. The average molecular weight is 327 g/mol. The largest absolute Gasteiger partial charge is 0.193 e. The van der Waals surface area contributed by atoms with Gasteiger partial charge in [-0.3, -0.25) is 0 Å². The maximum atomic E-state index is 8.48. The Bertz CT molecular complexity index is 708. The Morgan fingerprint density at radius 1 is 0.840 bits per heavy atom. The van der Waals surface area contributed by atoms with Crippen LogP contribution in [0.3, 0.4) is 0 Å². The normalized spacial score (nSPS) is 9.52. The Morgan fingerprint density at radius 2 is 1.32 bits per heavy atom. The fourth-order valence-electron chi connectivity index (χ4n) is 1.49. The third-order valence-corrected chi connectivity index (χ3v) is 2.81. The van der Waals surface area contributed by atoms with Crippen LogP contribution in [0.25, 0.3) is 12.2 Å².